The molecule has 0 unspecified atom stereocenters. The van der Waals surface area contributed by atoms with Gasteiger partial charge in [-0.3, -0.25) is 9.69 Å². The second-order valence-electron chi connectivity index (χ2n) is 9.85. The fourth-order valence-corrected chi connectivity index (χ4v) is 5.02. The first-order chi connectivity index (χ1) is 16.4. The lowest BCUT2D eigenvalue weighted by Gasteiger charge is -2.34. The molecular weight excluding hydrogens is 431 g/mol. The number of nitrogens with zero attached hydrogens (tertiary/aromatic N) is 3. The van der Waals surface area contributed by atoms with Crippen molar-refractivity contribution in [2.45, 2.75) is 65.1 Å². The smallest absolute Gasteiger partial charge is 0.230 e. The number of carbonyl (C=O) groups excluding carboxylic acids is 1. The summed E-state index contributed by atoms with van der Waals surface area (Å²) in [5.74, 6) is 0.255. The number of carbonyl (C=O) groups is 1. The summed E-state index contributed by atoms with van der Waals surface area (Å²) < 4.78 is 19.0. The fourth-order valence-electron chi connectivity index (χ4n) is 5.02. The third-order valence-electron chi connectivity index (χ3n) is 6.97. The first-order valence-corrected chi connectivity index (χ1v) is 12.5. The zero-order chi connectivity index (χ0) is 24.1. The second-order valence-corrected chi connectivity index (χ2v) is 9.85. The molecule has 4 rings (SSSR count). The molecule has 2 aliphatic rings. The van der Waals surface area contributed by atoms with Crippen molar-refractivity contribution in [2.24, 2.45) is 5.92 Å². The van der Waals surface area contributed by atoms with Gasteiger partial charge < -0.3 is 15.0 Å². The second kappa shape index (κ2) is 11.3. The summed E-state index contributed by atoms with van der Waals surface area (Å²) in [7, 11) is 0. The van der Waals surface area contributed by atoms with Crippen LogP contribution < -0.4 is 15.0 Å². The van der Waals surface area contributed by atoms with E-state index in [0.29, 0.717) is 5.88 Å². The van der Waals surface area contributed by atoms with E-state index in [1.165, 1.54) is 23.4 Å². The Kier molecular flexibility index (Phi) is 8.16. The van der Waals surface area contributed by atoms with Crippen LogP contribution in [0.4, 0.5) is 10.1 Å². The molecule has 1 N–H and O–H groups in total. The lowest BCUT2D eigenvalue weighted by Crippen LogP contribution is -2.43. The molecule has 2 fully saturated rings. The number of hydrogen-bond donors (Lipinski definition) is 1. The highest BCUT2D eigenvalue weighted by atomic mass is 19.1. The van der Waals surface area contributed by atoms with Crippen molar-refractivity contribution in [3.05, 3.63) is 53.5 Å². The minimum atomic E-state index is -0.373. The normalized spacial score (nSPS) is 21.4. The highest BCUT2D eigenvalue weighted by molar-refractivity contribution is 5.95. The van der Waals surface area contributed by atoms with Gasteiger partial charge in [-0.1, -0.05) is 6.07 Å². The van der Waals surface area contributed by atoms with Crippen LogP contribution in [-0.2, 0) is 11.3 Å². The monoisotopic (exact) mass is 468 g/mol. The first kappa shape index (κ1) is 24.6. The van der Waals surface area contributed by atoms with Gasteiger partial charge in [0.1, 0.15) is 11.9 Å². The molecule has 0 bridgehead atoms. The summed E-state index contributed by atoms with van der Waals surface area (Å²) in [6.07, 6.45) is 4.35. The summed E-state index contributed by atoms with van der Waals surface area (Å²) in [5.41, 5.74) is 3.54. The van der Waals surface area contributed by atoms with Crippen molar-refractivity contribution in [3.63, 3.8) is 0 Å². The number of aryl methyl sites for hydroxylation is 1. The number of pyridine rings is 1. The van der Waals surface area contributed by atoms with Crippen LogP contribution >= 0.6 is 0 Å². The van der Waals surface area contributed by atoms with E-state index >= 15 is 0 Å². The van der Waals surface area contributed by atoms with Crippen molar-refractivity contribution in [2.75, 3.05) is 31.1 Å². The maximum absolute atomic E-state index is 13.6. The molecule has 2 aromatic rings. The van der Waals surface area contributed by atoms with Crippen molar-refractivity contribution < 1.29 is 13.9 Å². The molecule has 34 heavy (non-hydrogen) atoms. The highest BCUT2D eigenvalue weighted by Crippen LogP contribution is 2.31. The van der Waals surface area contributed by atoms with E-state index in [9.17, 15) is 9.18 Å². The van der Waals surface area contributed by atoms with Gasteiger partial charge >= 0.3 is 0 Å². The Labute approximate surface area is 202 Å². The number of anilines is 1. The molecule has 0 spiro atoms. The van der Waals surface area contributed by atoms with Crippen LogP contribution in [0.15, 0.2) is 36.5 Å². The minimum absolute atomic E-state index is 0.00994. The van der Waals surface area contributed by atoms with Crippen LogP contribution in [0.1, 0.15) is 50.7 Å². The number of benzene rings is 1. The molecule has 184 valence electrons. The predicted molar refractivity (Wildman–Crippen MR) is 133 cm³/mol. The standard InChI is InChI=1S/C27H37FN4O2/c1-19(2)32(24-8-4-22(20(3)16-24)18-31-14-12-29-13-15-31)27(33)21-5-9-25(10-6-21)34-26-11-7-23(28)17-30-26/h4,7-8,11,16-17,19,21,25,29H,5-6,9-10,12-15,18H2,1-3H3. The summed E-state index contributed by atoms with van der Waals surface area (Å²) in [4.78, 5) is 22.0. The van der Waals surface area contributed by atoms with Gasteiger partial charge in [0, 0.05) is 56.4 Å². The van der Waals surface area contributed by atoms with Gasteiger partial charge in [-0.25, -0.2) is 9.37 Å². The van der Waals surface area contributed by atoms with Crippen molar-refractivity contribution in [1.82, 2.24) is 15.2 Å². The number of ether oxygens (including phenoxy) is 1. The van der Waals surface area contributed by atoms with E-state index in [1.54, 1.807) is 6.07 Å². The Balaban J connectivity index is 1.37. The SMILES string of the molecule is Cc1cc(N(C(=O)C2CCC(Oc3ccc(F)cn3)CC2)C(C)C)ccc1CN1CCNCC1. The molecule has 1 saturated heterocycles. The van der Waals surface area contributed by atoms with Crippen LogP contribution in [0.5, 0.6) is 5.88 Å². The van der Waals surface area contributed by atoms with Crippen LogP contribution in [0, 0.1) is 18.7 Å². The maximum Gasteiger partial charge on any atom is 0.230 e. The third-order valence-corrected chi connectivity index (χ3v) is 6.97. The highest BCUT2D eigenvalue weighted by Gasteiger charge is 2.32. The van der Waals surface area contributed by atoms with Crippen molar-refractivity contribution >= 4 is 11.6 Å². The number of amides is 1. The minimum Gasteiger partial charge on any atom is -0.474 e. The number of halogens is 1. The molecule has 0 radical (unpaired) electrons. The first-order valence-electron chi connectivity index (χ1n) is 12.5. The summed E-state index contributed by atoms with van der Waals surface area (Å²) >= 11 is 0. The van der Waals surface area contributed by atoms with Gasteiger partial charge in [-0.2, -0.15) is 0 Å². The zero-order valence-corrected chi connectivity index (χ0v) is 20.6. The molecule has 6 nitrogen and oxygen atoms in total. The Morgan fingerprint density at radius 3 is 2.53 bits per heavy atom. The molecule has 1 amide bonds. The third kappa shape index (κ3) is 6.13. The summed E-state index contributed by atoms with van der Waals surface area (Å²) in [6, 6.07) is 9.47. The van der Waals surface area contributed by atoms with E-state index < -0.39 is 0 Å². The average molecular weight is 469 g/mol. The average Bonchev–Trinajstić information content (AvgIpc) is 2.83. The number of nitrogens with one attached hydrogen (secondary N) is 1. The van der Waals surface area contributed by atoms with Gasteiger partial charge in [0.25, 0.3) is 0 Å². The van der Waals surface area contributed by atoms with Crippen molar-refractivity contribution in [3.8, 4) is 5.88 Å². The van der Waals surface area contributed by atoms with Crippen LogP contribution in [0.25, 0.3) is 0 Å². The molecular formula is C27H37FN4O2. The zero-order valence-electron chi connectivity index (χ0n) is 20.6. The van der Waals surface area contributed by atoms with Gasteiger partial charge in [0.2, 0.25) is 11.8 Å². The van der Waals surface area contributed by atoms with Crippen LogP contribution in [0.2, 0.25) is 0 Å². The lowest BCUT2D eigenvalue weighted by molar-refractivity contribution is -0.124. The Morgan fingerprint density at radius 2 is 1.91 bits per heavy atom. The van der Waals surface area contributed by atoms with Gasteiger partial charge in [-0.05, 0) is 75.8 Å². The van der Waals surface area contributed by atoms with Gasteiger partial charge in [-0.15, -0.1) is 0 Å². The largest absolute Gasteiger partial charge is 0.474 e. The van der Waals surface area contributed by atoms with E-state index in [1.807, 2.05) is 4.90 Å². The lowest BCUT2D eigenvalue weighted by atomic mass is 9.86. The van der Waals surface area contributed by atoms with E-state index in [2.05, 4.69) is 54.2 Å². The molecule has 7 heteroatoms. The fraction of sp³-hybridized carbons (Fsp3) is 0.556. The number of hydrogen-bond acceptors (Lipinski definition) is 5. The number of piperazine rings is 1. The van der Waals surface area contributed by atoms with E-state index in [4.69, 9.17) is 4.74 Å². The quantitative estimate of drug-likeness (QED) is 0.656. The summed E-state index contributed by atoms with van der Waals surface area (Å²) in [6.45, 7) is 11.5. The van der Waals surface area contributed by atoms with Crippen LogP contribution in [0.3, 0.4) is 0 Å². The molecule has 1 aromatic heterocycles. The molecule has 2 heterocycles. The number of rotatable bonds is 7. The number of aromatic nitrogens is 1. The maximum atomic E-state index is 13.6. The van der Waals surface area contributed by atoms with Crippen LogP contribution in [-0.4, -0.2) is 54.1 Å². The molecule has 1 aromatic carbocycles. The summed E-state index contributed by atoms with van der Waals surface area (Å²) in [5, 5.41) is 3.40. The molecule has 0 atom stereocenters. The Hall–Kier alpha value is -2.51. The topological polar surface area (TPSA) is 57.7 Å². The molecule has 1 saturated carbocycles. The molecule has 1 aliphatic carbocycles. The van der Waals surface area contributed by atoms with E-state index in [-0.39, 0.29) is 29.8 Å². The van der Waals surface area contributed by atoms with Gasteiger partial charge in [0.05, 0.1) is 6.20 Å². The van der Waals surface area contributed by atoms with Gasteiger partial charge in [0.15, 0.2) is 0 Å². The molecule has 1 aliphatic heterocycles. The predicted octanol–water partition coefficient (Wildman–Crippen LogP) is 4.31. The Bertz CT molecular complexity index is 952. The Morgan fingerprint density at radius 1 is 1.18 bits per heavy atom. The van der Waals surface area contributed by atoms with E-state index in [0.717, 1.165) is 64.1 Å². The van der Waals surface area contributed by atoms with Crippen molar-refractivity contribution in [1.29, 1.82) is 0 Å².